The third-order valence-electron chi connectivity index (χ3n) is 4.28. The largest absolute Gasteiger partial charge is 0.353 e. The molecule has 4 N–H and O–H groups in total. The van der Waals surface area contributed by atoms with Gasteiger partial charge in [-0.15, -0.1) is 0 Å². The average molecular weight is 339 g/mol. The average Bonchev–Trinajstić information content (AvgIpc) is 2.55. The second-order valence-corrected chi connectivity index (χ2v) is 7.92. The molecule has 1 fully saturated rings. The van der Waals surface area contributed by atoms with E-state index >= 15 is 0 Å². The number of carbonyl (C=O) groups excluding carboxylic acids is 1. The molecule has 0 unspecified atom stereocenters. The molecule has 23 heavy (non-hydrogen) atoms. The second kappa shape index (κ2) is 7.90. The third kappa shape index (κ3) is 5.30. The predicted molar refractivity (Wildman–Crippen MR) is 89.4 cm³/mol. The zero-order valence-corrected chi connectivity index (χ0v) is 14.2. The number of aryl methyl sites for hydroxylation is 1. The van der Waals surface area contributed by atoms with E-state index in [0.29, 0.717) is 12.8 Å². The number of benzene rings is 1. The molecule has 1 amide bonds. The Balaban J connectivity index is 1.80. The van der Waals surface area contributed by atoms with Crippen molar-refractivity contribution < 1.29 is 13.2 Å². The lowest BCUT2D eigenvalue weighted by Gasteiger charge is -2.26. The van der Waals surface area contributed by atoms with Crippen LogP contribution in [0.1, 0.15) is 37.7 Å². The van der Waals surface area contributed by atoms with Crippen LogP contribution >= 0.6 is 0 Å². The van der Waals surface area contributed by atoms with Crippen LogP contribution in [-0.4, -0.2) is 33.5 Å². The number of hydrogen-bond acceptors (Lipinski definition) is 4. The summed E-state index contributed by atoms with van der Waals surface area (Å²) in [6.07, 6.45) is 4.82. The van der Waals surface area contributed by atoms with E-state index in [-0.39, 0.29) is 22.9 Å². The van der Waals surface area contributed by atoms with Crippen molar-refractivity contribution in [2.75, 3.05) is 7.05 Å². The third-order valence-corrected chi connectivity index (χ3v) is 5.71. The highest BCUT2D eigenvalue weighted by atomic mass is 32.2. The maximum Gasteiger partial charge on any atom is 0.240 e. The molecular weight excluding hydrogens is 314 g/mol. The molecule has 1 aromatic carbocycles. The number of nitrogens with one attached hydrogen (secondary N) is 2. The van der Waals surface area contributed by atoms with E-state index in [1.54, 1.807) is 24.3 Å². The van der Waals surface area contributed by atoms with Gasteiger partial charge >= 0.3 is 0 Å². The first-order valence-electron chi connectivity index (χ1n) is 7.98. The molecule has 1 aliphatic rings. The zero-order valence-electron chi connectivity index (χ0n) is 13.4. The molecule has 0 heterocycles. The first-order chi connectivity index (χ1) is 10.9. The van der Waals surface area contributed by atoms with Gasteiger partial charge in [-0.2, -0.15) is 0 Å². The van der Waals surface area contributed by atoms with Crippen LogP contribution < -0.4 is 15.8 Å². The lowest BCUT2D eigenvalue weighted by Crippen LogP contribution is -2.40. The number of carbonyl (C=O) groups is 1. The highest BCUT2D eigenvalue weighted by molar-refractivity contribution is 7.89. The summed E-state index contributed by atoms with van der Waals surface area (Å²) in [4.78, 5) is 12.2. The van der Waals surface area contributed by atoms with Crippen molar-refractivity contribution in [3.05, 3.63) is 29.8 Å². The lowest BCUT2D eigenvalue weighted by atomic mass is 9.92. The molecule has 0 saturated heterocycles. The Bertz CT molecular complexity index is 620. The fraction of sp³-hybridized carbons (Fsp3) is 0.562. The summed E-state index contributed by atoms with van der Waals surface area (Å²) >= 11 is 0. The van der Waals surface area contributed by atoms with Crippen LogP contribution in [0.25, 0.3) is 0 Å². The van der Waals surface area contributed by atoms with Crippen LogP contribution in [0.15, 0.2) is 29.2 Å². The maximum absolute atomic E-state index is 12.0. The molecule has 0 atom stereocenters. The van der Waals surface area contributed by atoms with Crippen molar-refractivity contribution in [2.24, 2.45) is 5.73 Å². The van der Waals surface area contributed by atoms with E-state index in [1.165, 1.54) is 7.05 Å². The van der Waals surface area contributed by atoms with Crippen molar-refractivity contribution in [3.63, 3.8) is 0 Å². The number of nitrogens with two attached hydrogens (primary N) is 1. The number of rotatable bonds is 6. The van der Waals surface area contributed by atoms with E-state index in [0.717, 1.165) is 31.2 Å². The van der Waals surface area contributed by atoms with Gasteiger partial charge in [-0.25, -0.2) is 13.1 Å². The molecule has 1 aromatic rings. The van der Waals surface area contributed by atoms with Gasteiger partial charge in [-0.05, 0) is 56.8 Å². The first kappa shape index (κ1) is 17.9. The normalized spacial score (nSPS) is 21.8. The smallest absolute Gasteiger partial charge is 0.240 e. The van der Waals surface area contributed by atoms with Gasteiger partial charge < -0.3 is 11.1 Å². The summed E-state index contributed by atoms with van der Waals surface area (Å²) in [5.74, 6) is 0.0393. The maximum atomic E-state index is 12.0. The molecular formula is C16H25N3O3S. The summed E-state index contributed by atoms with van der Waals surface area (Å²) in [5, 5.41) is 3.05. The van der Waals surface area contributed by atoms with Crippen LogP contribution in [0.5, 0.6) is 0 Å². The minimum atomic E-state index is -3.41. The first-order valence-corrected chi connectivity index (χ1v) is 9.46. The number of sulfonamides is 1. The van der Waals surface area contributed by atoms with Gasteiger partial charge in [0.1, 0.15) is 0 Å². The van der Waals surface area contributed by atoms with Gasteiger partial charge in [-0.3, -0.25) is 4.79 Å². The SMILES string of the molecule is CNS(=O)(=O)c1ccc(CCC(=O)NC2CCC(N)CC2)cc1. The molecule has 1 saturated carbocycles. The Kier molecular flexibility index (Phi) is 6.15. The monoisotopic (exact) mass is 339 g/mol. The van der Waals surface area contributed by atoms with Gasteiger partial charge in [0.05, 0.1) is 4.90 Å². The molecule has 7 heteroatoms. The Morgan fingerprint density at radius 2 is 1.78 bits per heavy atom. The number of hydrogen-bond donors (Lipinski definition) is 3. The van der Waals surface area contributed by atoms with Crippen molar-refractivity contribution in [2.45, 2.75) is 55.5 Å². The molecule has 0 aromatic heterocycles. The van der Waals surface area contributed by atoms with Crippen LogP contribution in [0, 0.1) is 0 Å². The Hall–Kier alpha value is -1.44. The topological polar surface area (TPSA) is 101 Å². The predicted octanol–water partition coefficient (Wildman–Crippen LogP) is 0.913. The van der Waals surface area contributed by atoms with Crippen molar-refractivity contribution in [1.82, 2.24) is 10.0 Å². The van der Waals surface area contributed by atoms with Crippen LogP contribution in [0.3, 0.4) is 0 Å². The van der Waals surface area contributed by atoms with Crippen molar-refractivity contribution in [3.8, 4) is 0 Å². The summed E-state index contributed by atoms with van der Waals surface area (Å²) in [6, 6.07) is 7.12. The molecule has 0 bridgehead atoms. The molecule has 0 aliphatic heterocycles. The molecule has 1 aliphatic carbocycles. The molecule has 128 valence electrons. The minimum Gasteiger partial charge on any atom is -0.353 e. The summed E-state index contributed by atoms with van der Waals surface area (Å²) in [7, 11) is -2.03. The second-order valence-electron chi connectivity index (χ2n) is 6.03. The quantitative estimate of drug-likeness (QED) is 0.717. The van der Waals surface area contributed by atoms with E-state index in [1.807, 2.05) is 0 Å². The van der Waals surface area contributed by atoms with E-state index in [2.05, 4.69) is 10.0 Å². The highest BCUT2D eigenvalue weighted by Gasteiger charge is 2.19. The fourth-order valence-electron chi connectivity index (χ4n) is 2.77. The fourth-order valence-corrected chi connectivity index (χ4v) is 3.50. The van der Waals surface area contributed by atoms with Crippen LogP contribution in [0.4, 0.5) is 0 Å². The number of amides is 1. The Labute approximate surface area is 137 Å². The van der Waals surface area contributed by atoms with E-state index in [4.69, 9.17) is 5.73 Å². The minimum absolute atomic E-state index is 0.0393. The van der Waals surface area contributed by atoms with E-state index < -0.39 is 10.0 Å². The van der Waals surface area contributed by atoms with Crippen molar-refractivity contribution >= 4 is 15.9 Å². The van der Waals surface area contributed by atoms with Gasteiger partial charge in [0.2, 0.25) is 15.9 Å². The molecule has 6 nitrogen and oxygen atoms in total. The lowest BCUT2D eigenvalue weighted by molar-refractivity contribution is -0.122. The Morgan fingerprint density at radius 3 is 2.35 bits per heavy atom. The summed E-state index contributed by atoms with van der Waals surface area (Å²) in [5.41, 5.74) is 6.80. The molecule has 2 rings (SSSR count). The standard InChI is InChI=1S/C16H25N3O3S/c1-18-23(21,22)15-9-2-12(3-10-15)4-11-16(20)19-14-7-5-13(17)6-8-14/h2-3,9-10,13-14,18H,4-8,11,17H2,1H3,(H,19,20). The van der Waals surface area contributed by atoms with Gasteiger partial charge in [0, 0.05) is 18.5 Å². The van der Waals surface area contributed by atoms with E-state index in [9.17, 15) is 13.2 Å². The van der Waals surface area contributed by atoms with Crippen LogP contribution in [0.2, 0.25) is 0 Å². The molecule has 0 spiro atoms. The molecule has 0 radical (unpaired) electrons. The van der Waals surface area contributed by atoms with Crippen molar-refractivity contribution in [1.29, 1.82) is 0 Å². The van der Waals surface area contributed by atoms with Crippen LogP contribution in [-0.2, 0) is 21.2 Å². The van der Waals surface area contributed by atoms with Gasteiger partial charge in [0.25, 0.3) is 0 Å². The zero-order chi connectivity index (χ0) is 16.9. The van der Waals surface area contributed by atoms with Gasteiger partial charge in [-0.1, -0.05) is 12.1 Å². The summed E-state index contributed by atoms with van der Waals surface area (Å²) in [6.45, 7) is 0. The summed E-state index contributed by atoms with van der Waals surface area (Å²) < 4.78 is 25.6. The van der Waals surface area contributed by atoms with Gasteiger partial charge in [0.15, 0.2) is 0 Å². The highest BCUT2D eigenvalue weighted by Crippen LogP contribution is 2.17. The Morgan fingerprint density at radius 1 is 1.17 bits per heavy atom.